The number of carbonyl (C=O) groups is 3. The number of esters is 1. The molecule has 0 saturated carbocycles. The Morgan fingerprint density at radius 2 is 2.00 bits per heavy atom. The van der Waals surface area contributed by atoms with Gasteiger partial charge >= 0.3 is 5.97 Å². The number of nitrogens with zero attached hydrogens (tertiary/aromatic N) is 2. The van der Waals surface area contributed by atoms with Crippen LogP contribution in [0.5, 0.6) is 5.75 Å². The van der Waals surface area contributed by atoms with E-state index < -0.39 is 12.1 Å². The number of benzene rings is 2. The lowest BCUT2D eigenvalue weighted by atomic mass is 10.1. The average Bonchev–Trinajstić information content (AvgIpc) is 3.22. The molecule has 8 nitrogen and oxygen atoms in total. The minimum atomic E-state index is -1.01. The van der Waals surface area contributed by atoms with Crippen molar-refractivity contribution >= 4 is 23.3 Å². The molecule has 1 aromatic heterocycles. The van der Waals surface area contributed by atoms with E-state index in [1.807, 2.05) is 30.3 Å². The van der Waals surface area contributed by atoms with Crippen molar-refractivity contribution in [3.8, 4) is 5.75 Å². The highest BCUT2D eigenvalue weighted by molar-refractivity contribution is 6.03. The summed E-state index contributed by atoms with van der Waals surface area (Å²) in [5, 5.41) is 6.82. The number of carbonyl (C=O) groups excluding carboxylic acids is 3. The number of ether oxygens (including phenoxy) is 2. The molecule has 1 atom stereocenters. The monoisotopic (exact) mass is 405 g/mol. The lowest BCUT2D eigenvalue weighted by molar-refractivity contribution is -0.118. The van der Waals surface area contributed by atoms with Gasteiger partial charge < -0.3 is 14.8 Å². The summed E-state index contributed by atoms with van der Waals surface area (Å²) in [7, 11) is 0. The molecule has 0 bridgehead atoms. The van der Waals surface area contributed by atoms with Gasteiger partial charge in [-0.1, -0.05) is 30.3 Å². The van der Waals surface area contributed by atoms with E-state index in [1.54, 1.807) is 23.0 Å². The first kappa shape index (κ1) is 19.4. The van der Waals surface area contributed by atoms with Crippen LogP contribution in [0.3, 0.4) is 0 Å². The molecule has 3 aromatic rings. The van der Waals surface area contributed by atoms with Crippen LogP contribution in [0.2, 0.25) is 0 Å². The number of aromatic nitrogens is 2. The third-order valence-corrected chi connectivity index (χ3v) is 4.61. The molecule has 2 aromatic carbocycles. The van der Waals surface area contributed by atoms with Gasteiger partial charge in [-0.05, 0) is 30.7 Å². The van der Waals surface area contributed by atoms with Crippen molar-refractivity contribution in [3.63, 3.8) is 0 Å². The normalized spacial score (nSPS) is 13.6. The number of hydrogen-bond acceptors (Lipinski definition) is 6. The highest BCUT2D eigenvalue weighted by Crippen LogP contribution is 2.29. The molecule has 1 N–H and O–H groups in total. The van der Waals surface area contributed by atoms with Crippen LogP contribution >= 0.6 is 0 Å². The van der Waals surface area contributed by atoms with Crippen LogP contribution in [-0.4, -0.2) is 40.2 Å². The quantitative estimate of drug-likeness (QED) is 0.500. The van der Waals surface area contributed by atoms with Gasteiger partial charge in [-0.2, -0.15) is 5.10 Å². The van der Waals surface area contributed by atoms with Crippen LogP contribution in [0.1, 0.15) is 33.2 Å². The van der Waals surface area contributed by atoms with Gasteiger partial charge in [0.1, 0.15) is 5.75 Å². The molecule has 2 heterocycles. The summed E-state index contributed by atoms with van der Waals surface area (Å²) in [6.45, 7) is 1.96. The van der Waals surface area contributed by atoms with Crippen LogP contribution in [0, 0.1) is 0 Å². The van der Waals surface area contributed by atoms with Crippen LogP contribution in [-0.2, 0) is 16.1 Å². The maximum Gasteiger partial charge on any atom is 0.342 e. The van der Waals surface area contributed by atoms with Crippen LogP contribution < -0.4 is 10.1 Å². The molecule has 1 unspecified atom stereocenters. The number of ketones is 1. The Kier molecular flexibility index (Phi) is 5.30. The second-order valence-electron chi connectivity index (χ2n) is 6.87. The third kappa shape index (κ3) is 4.22. The fraction of sp³-hybridized carbons (Fsp3) is 0.182. The first-order valence-corrected chi connectivity index (χ1v) is 9.38. The van der Waals surface area contributed by atoms with Crippen molar-refractivity contribution in [2.45, 2.75) is 19.6 Å². The van der Waals surface area contributed by atoms with Crippen molar-refractivity contribution in [1.82, 2.24) is 9.78 Å². The molecule has 0 saturated heterocycles. The molecule has 0 radical (unpaired) electrons. The molecule has 4 rings (SSSR count). The molecule has 0 aliphatic carbocycles. The molecule has 8 heteroatoms. The predicted molar refractivity (Wildman–Crippen MR) is 108 cm³/mol. The third-order valence-electron chi connectivity index (χ3n) is 4.61. The van der Waals surface area contributed by atoms with Gasteiger partial charge in [0, 0.05) is 11.8 Å². The zero-order valence-electron chi connectivity index (χ0n) is 16.2. The number of amides is 1. The number of anilines is 1. The Morgan fingerprint density at radius 3 is 2.80 bits per heavy atom. The van der Waals surface area contributed by atoms with Crippen molar-refractivity contribution in [2.75, 3.05) is 11.9 Å². The Labute approximate surface area is 172 Å². The summed E-state index contributed by atoms with van der Waals surface area (Å²) >= 11 is 0. The van der Waals surface area contributed by atoms with Crippen molar-refractivity contribution < 1.29 is 23.9 Å². The standard InChI is InChI=1S/C22H19N3O5/c1-14(21(27)16-7-8-19-18(9-16)24-20(26)13-29-19)30-22(28)17-10-23-25(12-17)11-15-5-3-2-4-6-15/h2-10,12,14H,11,13H2,1H3,(H,24,26). The van der Waals surface area contributed by atoms with E-state index in [0.29, 0.717) is 23.5 Å². The van der Waals surface area contributed by atoms with E-state index in [-0.39, 0.29) is 23.9 Å². The highest BCUT2D eigenvalue weighted by Gasteiger charge is 2.24. The minimum Gasteiger partial charge on any atom is -0.482 e. The van der Waals surface area contributed by atoms with Gasteiger partial charge in [0.25, 0.3) is 5.91 Å². The van der Waals surface area contributed by atoms with E-state index in [4.69, 9.17) is 9.47 Å². The maximum atomic E-state index is 12.7. The Morgan fingerprint density at radius 1 is 1.20 bits per heavy atom. The van der Waals surface area contributed by atoms with Gasteiger partial charge in [0.15, 0.2) is 12.7 Å². The van der Waals surface area contributed by atoms with Crippen LogP contribution in [0.15, 0.2) is 60.9 Å². The van der Waals surface area contributed by atoms with Crippen LogP contribution in [0.25, 0.3) is 0 Å². The number of hydrogen-bond donors (Lipinski definition) is 1. The number of nitrogens with one attached hydrogen (secondary N) is 1. The number of fused-ring (bicyclic) bond motifs is 1. The van der Waals surface area contributed by atoms with Gasteiger partial charge in [0.2, 0.25) is 5.78 Å². The topological polar surface area (TPSA) is 99.5 Å². The van der Waals surface area contributed by atoms with Crippen molar-refractivity contribution in [1.29, 1.82) is 0 Å². The van der Waals surface area contributed by atoms with E-state index in [1.165, 1.54) is 19.2 Å². The fourth-order valence-electron chi connectivity index (χ4n) is 3.08. The summed E-state index contributed by atoms with van der Waals surface area (Å²) < 4.78 is 12.2. The van der Waals surface area contributed by atoms with Gasteiger partial charge in [-0.3, -0.25) is 14.3 Å². The summed E-state index contributed by atoms with van der Waals surface area (Å²) in [5.74, 6) is -0.826. The lowest BCUT2D eigenvalue weighted by Gasteiger charge is -2.19. The van der Waals surface area contributed by atoms with E-state index in [2.05, 4.69) is 10.4 Å². The molecule has 152 valence electrons. The zero-order chi connectivity index (χ0) is 21.1. The smallest absolute Gasteiger partial charge is 0.342 e. The molecule has 1 aliphatic rings. The van der Waals surface area contributed by atoms with E-state index in [0.717, 1.165) is 5.56 Å². The van der Waals surface area contributed by atoms with Gasteiger partial charge in [-0.15, -0.1) is 0 Å². The SMILES string of the molecule is CC(OC(=O)c1cnn(Cc2ccccc2)c1)C(=O)c1ccc2c(c1)NC(=O)CO2. The Hall–Kier alpha value is -3.94. The first-order valence-electron chi connectivity index (χ1n) is 9.38. The fourth-order valence-corrected chi connectivity index (χ4v) is 3.08. The van der Waals surface area contributed by atoms with E-state index in [9.17, 15) is 14.4 Å². The Bertz CT molecular complexity index is 1110. The lowest BCUT2D eigenvalue weighted by Crippen LogP contribution is -2.27. The van der Waals surface area contributed by atoms with Gasteiger partial charge in [0.05, 0.1) is 24.0 Å². The zero-order valence-corrected chi connectivity index (χ0v) is 16.2. The van der Waals surface area contributed by atoms with Crippen molar-refractivity contribution in [3.05, 3.63) is 77.6 Å². The summed E-state index contributed by atoms with van der Waals surface area (Å²) in [4.78, 5) is 36.6. The molecular weight excluding hydrogens is 386 g/mol. The largest absolute Gasteiger partial charge is 0.482 e. The predicted octanol–water partition coefficient (Wildman–Crippen LogP) is 2.69. The van der Waals surface area contributed by atoms with Gasteiger partial charge in [-0.25, -0.2) is 4.79 Å². The molecule has 1 aliphatic heterocycles. The minimum absolute atomic E-state index is 0.0632. The molecule has 30 heavy (non-hydrogen) atoms. The van der Waals surface area contributed by atoms with E-state index >= 15 is 0 Å². The molecule has 1 amide bonds. The first-order chi connectivity index (χ1) is 14.5. The maximum absolute atomic E-state index is 12.7. The molecule has 0 fully saturated rings. The van der Waals surface area contributed by atoms with Crippen LogP contribution in [0.4, 0.5) is 5.69 Å². The highest BCUT2D eigenvalue weighted by atomic mass is 16.5. The summed E-state index contributed by atoms with van der Waals surface area (Å²) in [5.41, 5.74) is 2.03. The second-order valence-corrected chi connectivity index (χ2v) is 6.87. The molecular formula is C22H19N3O5. The van der Waals surface area contributed by atoms with Crippen molar-refractivity contribution in [2.24, 2.45) is 0 Å². The Balaban J connectivity index is 1.40. The second kappa shape index (κ2) is 8.20. The number of rotatable bonds is 6. The average molecular weight is 405 g/mol. The summed E-state index contributed by atoms with van der Waals surface area (Å²) in [6, 6.07) is 14.4. The number of Topliss-reactive ketones (excluding diaryl/α,β-unsaturated/α-hetero) is 1. The summed E-state index contributed by atoms with van der Waals surface area (Å²) in [6.07, 6.45) is 1.99. The molecule has 0 spiro atoms.